The Labute approximate surface area is 110 Å². The highest BCUT2D eigenvalue weighted by atomic mass is 79.9. The van der Waals surface area contributed by atoms with E-state index in [1.807, 2.05) is 29.2 Å². The highest BCUT2D eigenvalue weighted by Gasteiger charge is 2.27. The summed E-state index contributed by atoms with van der Waals surface area (Å²) < 4.78 is 1.02. The van der Waals surface area contributed by atoms with Crippen molar-refractivity contribution >= 4 is 21.8 Å². The van der Waals surface area contributed by atoms with Crippen molar-refractivity contribution in [2.75, 3.05) is 13.2 Å². The monoisotopic (exact) mass is 297 g/mol. The van der Waals surface area contributed by atoms with E-state index in [0.717, 1.165) is 29.4 Å². The fraction of sp³-hybridized carbons (Fsp3) is 0.462. The lowest BCUT2D eigenvalue weighted by atomic mass is 10.1. The Hall–Kier alpha value is -0.870. The van der Waals surface area contributed by atoms with Crippen LogP contribution in [0.5, 0.6) is 0 Å². The van der Waals surface area contributed by atoms with E-state index in [0.29, 0.717) is 6.42 Å². The number of amides is 1. The van der Waals surface area contributed by atoms with E-state index in [4.69, 9.17) is 0 Å². The summed E-state index contributed by atoms with van der Waals surface area (Å²) >= 11 is 3.37. The molecule has 0 aromatic heterocycles. The second-order valence-electron chi connectivity index (χ2n) is 4.37. The third kappa shape index (κ3) is 3.07. The molecule has 1 heterocycles. The van der Waals surface area contributed by atoms with Crippen molar-refractivity contribution in [1.29, 1.82) is 0 Å². The molecule has 0 aliphatic carbocycles. The van der Waals surface area contributed by atoms with Crippen LogP contribution >= 0.6 is 15.9 Å². The summed E-state index contributed by atoms with van der Waals surface area (Å²) in [5, 5.41) is 9.19. The number of aliphatic hydroxyl groups is 1. The molecule has 0 unspecified atom stereocenters. The van der Waals surface area contributed by atoms with Gasteiger partial charge in [0, 0.05) is 11.0 Å². The second kappa shape index (κ2) is 5.65. The zero-order chi connectivity index (χ0) is 12.3. The topological polar surface area (TPSA) is 40.5 Å². The van der Waals surface area contributed by atoms with Gasteiger partial charge >= 0.3 is 0 Å². The summed E-state index contributed by atoms with van der Waals surface area (Å²) in [5.41, 5.74) is 1.02. The Morgan fingerprint density at radius 1 is 1.41 bits per heavy atom. The van der Waals surface area contributed by atoms with E-state index in [1.54, 1.807) is 0 Å². The van der Waals surface area contributed by atoms with Gasteiger partial charge in [-0.1, -0.05) is 28.1 Å². The van der Waals surface area contributed by atoms with Crippen LogP contribution in [0, 0.1) is 0 Å². The van der Waals surface area contributed by atoms with Crippen molar-refractivity contribution in [2.24, 2.45) is 0 Å². The molecule has 0 radical (unpaired) electrons. The van der Waals surface area contributed by atoms with Gasteiger partial charge in [0.15, 0.2) is 0 Å². The number of hydrogen-bond donors (Lipinski definition) is 1. The van der Waals surface area contributed by atoms with Crippen molar-refractivity contribution in [3.8, 4) is 0 Å². The molecule has 4 heteroatoms. The molecule has 1 fully saturated rings. The minimum Gasteiger partial charge on any atom is -0.394 e. The molecule has 0 saturated carbocycles. The smallest absolute Gasteiger partial charge is 0.227 e. The van der Waals surface area contributed by atoms with Gasteiger partial charge in [0.25, 0.3) is 0 Å². The summed E-state index contributed by atoms with van der Waals surface area (Å²) in [4.78, 5) is 13.9. The Morgan fingerprint density at radius 3 is 2.76 bits per heavy atom. The van der Waals surface area contributed by atoms with E-state index >= 15 is 0 Å². The predicted octanol–water partition coefficient (Wildman–Crippen LogP) is 1.97. The molecule has 0 bridgehead atoms. The quantitative estimate of drug-likeness (QED) is 0.927. The first-order valence-corrected chi connectivity index (χ1v) is 6.65. The van der Waals surface area contributed by atoms with Crippen LogP contribution in [0.4, 0.5) is 0 Å². The maximum absolute atomic E-state index is 12.1. The Morgan fingerprint density at radius 2 is 2.12 bits per heavy atom. The summed E-state index contributed by atoms with van der Waals surface area (Å²) in [6, 6.07) is 7.81. The summed E-state index contributed by atoms with van der Waals surface area (Å²) in [5.74, 6) is 0.115. The molecular formula is C13H16BrNO2. The third-order valence-electron chi connectivity index (χ3n) is 3.18. The fourth-order valence-corrected chi connectivity index (χ4v) is 2.50. The molecule has 92 valence electrons. The minimum atomic E-state index is 0.0259. The average Bonchev–Trinajstić information content (AvgIpc) is 2.80. The van der Waals surface area contributed by atoms with Crippen LogP contribution in [-0.2, 0) is 11.2 Å². The summed E-state index contributed by atoms with van der Waals surface area (Å²) in [7, 11) is 0. The van der Waals surface area contributed by atoms with Gasteiger partial charge in [0.2, 0.25) is 5.91 Å². The van der Waals surface area contributed by atoms with Crippen LogP contribution < -0.4 is 0 Å². The first-order valence-electron chi connectivity index (χ1n) is 5.85. The van der Waals surface area contributed by atoms with Crippen LogP contribution in [0.15, 0.2) is 28.7 Å². The van der Waals surface area contributed by atoms with Gasteiger partial charge in [-0.15, -0.1) is 0 Å². The van der Waals surface area contributed by atoms with Gasteiger partial charge in [0.05, 0.1) is 19.1 Å². The number of aliphatic hydroxyl groups excluding tert-OH is 1. The lowest BCUT2D eigenvalue weighted by Gasteiger charge is -2.23. The van der Waals surface area contributed by atoms with Crippen LogP contribution in [0.1, 0.15) is 18.4 Å². The number of likely N-dealkylation sites (tertiary alicyclic amines) is 1. The molecule has 0 spiro atoms. The highest BCUT2D eigenvalue weighted by Crippen LogP contribution is 2.18. The molecular weight excluding hydrogens is 282 g/mol. The molecule has 1 N–H and O–H groups in total. The zero-order valence-corrected chi connectivity index (χ0v) is 11.2. The number of rotatable bonds is 3. The minimum absolute atomic E-state index is 0.0259. The lowest BCUT2D eigenvalue weighted by molar-refractivity contribution is -0.131. The normalized spacial score (nSPS) is 19.6. The predicted molar refractivity (Wildman–Crippen MR) is 69.7 cm³/mol. The first kappa shape index (κ1) is 12.6. The maximum atomic E-state index is 12.1. The number of carbonyl (C=O) groups excluding carboxylic acids is 1. The zero-order valence-electron chi connectivity index (χ0n) is 9.60. The Balaban J connectivity index is 1.99. The van der Waals surface area contributed by atoms with Gasteiger partial charge in [-0.2, -0.15) is 0 Å². The Bertz CT molecular complexity index is 391. The molecule has 1 aliphatic heterocycles. The summed E-state index contributed by atoms with van der Waals surface area (Å²) in [6.07, 6.45) is 2.34. The molecule has 1 saturated heterocycles. The van der Waals surface area contributed by atoms with Gasteiger partial charge in [-0.25, -0.2) is 0 Å². The van der Waals surface area contributed by atoms with Crippen molar-refractivity contribution in [2.45, 2.75) is 25.3 Å². The lowest BCUT2D eigenvalue weighted by Crippen LogP contribution is -2.38. The van der Waals surface area contributed by atoms with E-state index in [2.05, 4.69) is 15.9 Å². The molecule has 1 aliphatic rings. The standard InChI is InChI=1S/C13H16BrNO2/c14-11-5-3-10(4-6-11)8-13(17)15-7-1-2-12(15)9-16/h3-6,12,16H,1-2,7-9H2/t12-/m1/s1. The van der Waals surface area contributed by atoms with Gasteiger partial charge in [-0.05, 0) is 30.5 Å². The van der Waals surface area contributed by atoms with E-state index in [1.165, 1.54) is 0 Å². The van der Waals surface area contributed by atoms with Crippen molar-refractivity contribution < 1.29 is 9.90 Å². The van der Waals surface area contributed by atoms with Gasteiger partial charge in [-0.3, -0.25) is 4.79 Å². The van der Waals surface area contributed by atoms with Crippen molar-refractivity contribution in [3.63, 3.8) is 0 Å². The molecule has 1 aromatic rings. The highest BCUT2D eigenvalue weighted by molar-refractivity contribution is 9.10. The van der Waals surface area contributed by atoms with Crippen LogP contribution in [0.3, 0.4) is 0 Å². The molecule has 1 amide bonds. The Kier molecular flexibility index (Phi) is 4.18. The van der Waals surface area contributed by atoms with E-state index < -0.39 is 0 Å². The van der Waals surface area contributed by atoms with Crippen molar-refractivity contribution in [3.05, 3.63) is 34.3 Å². The largest absolute Gasteiger partial charge is 0.394 e. The first-order chi connectivity index (χ1) is 8.20. The SMILES string of the molecule is O=C(Cc1ccc(Br)cc1)N1CCC[C@@H]1CO. The number of halogens is 1. The third-order valence-corrected chi connectivity index (χ3v) is 3.71. The van der Waals surface area contributed by atoms with Crippen LogP contribution in [0.2, 0.25) is 0 Å². The van der Waals surface area contributed by atoms with Crippen LogP contribution in [-0.4, -0.2) is 35.1 Å². The summed E-state index contributed by atoms with van der Waals surface area (Å²) in [6.45, 7) is 0.854. The molecule has 1 aromatic carbocycles. The van der Waals surface area contributed by atoms with E-state index in [9.17, 15) is 9.90 Å². The second-order valence-corrected chi connectivity index (χ2v) is 5.28. The molecule has 2 rings (SSSR count). The van der Waals surface area contributed by atoms with E-state index in [-0.39, 0.29) is 18.6 Å². The number of nitrogens with zero attached hydrogens (tertiary/aromatic N) is 1. The number of benzene rings is 1. The van der Waals surface area contributed by atoms with Gasteiger partial charge < -0.3 is 10.0 Å². The number of carbonyl (C=O) groups is 1. The average molecular weight is 298 g/mol. The molecule has 3 nitrogen and oxygen atoms in total. The van der Waals surface area contributed by atoms with Gasteiger partial charge in [0.1, 0.15) is 0 Å². The molecule has 1 atom stereocenters. The fourth-order valence-electron chi connectivity index (χ4n) is 2.23. The maximum Gasteiger partial charge on any atom is 0.227 e. The van der Waals surface area contributed by atoms with Crippen molar-refractivity contribution in [1.82, 2.24) is 4.90 Å². The number of hydrogen-bond acceptors (Lipinski definition) is 2. The molecule has 17 heavy (non-hydrogen) atoms. The van der Waals surface area contributed by atoms with Crippen LogP contribution in [0.25, 0.3) is 0 Å².